The van der Waals surface area contributed by atoms with Gasteiger partial charge in [0, 0.05) is 6.21 Å². The topological polar surface area (TPSA) is 70.4 Å². The predicted molar refractivity (Wildman–Crippen MR) is 43.4 cm³/mol. The second-order valence-electron chi connectivity index (χ2n) is 2.72. The van der Waals surface area contributed by atoms with Crippen molar-refractivity contribution in [3.63, 3.8) is 0 Å². The molecule has 1 heterocycles. The fraction of sp³-hybridized carbons (Fsp3) is 0.500. The molecule has 0 aromatic heterocycles. The zero-order valence-electron chi connectivity index (χ0n) is 6.56. The van der Waals surface area contributed by atoms with Gasteiger partial charge in [0.25, 0.3) is 0 Å². The van der Waals surface area contributed by atoms with E-state index in [0.29, 0.717) is 6.42 Å². The molecule has 1 saturated heterocycles. The largest absolute Gasteiger partial charge is 0.481 e. The third-order valence-electron chi connectivity index (χ3n) is 1.96. The average Bonchev–Trinajstić information content (AvgIpc) is 2.47. The molecule has 12 heavy (non-hydrogen) atoms. The smallest absolute Gasteiger partial charge is 0.309 e. The van der Waals surface area contributed by atoms with Crippen molar-refractivity contribution in [3.05, 3.63) is 12.7 Å². The lowest BCUT2D eigenvalue weighted by Gasteiger charge is -2.07. The van der Waals surface area contributed by atoms with E-state index in [4.69, 9.17) is 15.3 Å². The summed E-state index contributed by atoms with van der Waals surface area (Å²) in [6, 6.07) is 0. The molecule has 0 bridgehead atoms. The van der Waals surface area contributed by atoms with Gasteiger partial charge >= 0.3 is 5.97 Å². The van der Waals surface area contributed by atoms with Gasteiger partial charge in [-0.15, -0.1) is 6.58 Å². The highest BCUT2D eigenvalue weighted by molar-refractivity contribution is 5.77. The van der Waals surface area contributed by atoms with Crippen LogP contribution in [0.4, 0.5) is 0 Å². The minimum absolute atomic E-state index is 0.224. The van der Waals surface area contributed by atoms with Crippen molar-refractivity contribution in [2.45, 2.75) is 18.6 Å². The van der Waals surface area contributed by atoms with Crippen LogP contribution < -0.4 is 0 Å². The number of carboxylic acids is 1. The molecule has 0 amide bonds. The van der Waals surface area contributed by atoms with E-state index in [0.717, 1.165) is 6.21 Å². The molecule has 0 aliphatic carbocycles. The van der Waals surface area contributed by atoms with Crippen molar-refractivity contribution in [1.29, 1.82) is 5.41 Å². The van der Waals surface area contributed by atoms with Gasteiger partial charge in [-0.05, 0) is 6.42 Å². The van der Waals surface area contributed by atoms with Gasteiger partial charge in [0.1, 0.15) is 6.10 Å². The highest BCUT2D eigenvalue weighted by Gasteiger charge is 2.37. The van der Waals surface area contributed by atoms with Gasteiger partial charge in [-0.3, -0.25) is 4.79 Å². The number of hydrogen-bond acceptors (Lipinski definition) is 3. The summed E-state index contributed by atoms with van der Waals surface area (Å²) in [4.78, 5) is 10.6. The first-order valence-electron chi connectivity index (χ1n) is 3.70. The number of nitrogens with one attached hydrogen (secondary N) is 1. The summed E-state index contributed by atoms with van der Waals surface area (Å²) in [7, 11) is 0. The zero-order valence-corrected chi connectivity index (χ0v) is 6.56. The predicted octanol–water partition coefficient (Wildman–Crippen LogP) is 0.680. The summed E-state index contributed by atoms with van der Waals surface area (Å²) < 4.78 is 5.19. The molecule has 1 fully saturated rings. The summed E-state index contributed by atoms with van der Waals surface area (Å²) in [6.07, 6.45) is 2.20. The minimum atomic E-state index is -0.909. The highest BCUT2D eigenvalue weighted by Crippen LogP contribution is 2.25. The van der Waals surface area contributed by atoms with Gasteiger partial charge in [-0.1, -0.05) is 6.08 Å². The first kappa shape index (κ1) is 8.93. The molecule has 4 heteroatoms. The third-order valence-corrected chi connectivity index (χ3v) is 1.96. The van der Waals surface area contributed by atoms with Gasteiger partial charge in [0.05, 0.1) is 12.0 Å². The van der Waals surface area contributed by atoms with Crippen molar-refractivity contribution >= 4 is 12.2 Å². The van der Waals surface area contributed by atoms with Gasteiger partial charge in [0.2, 0.25) is 0 Å². The van der Waals surface area contributed by atoms with E-state index in [2.05, 4.69) is 6.58 Å². The van der Waals surface area contributed by atoms with E-state index >= 15 is 0 Å². The van der Waals surface area contributed by atoms with Crippen molar-refractivity contribution in [2.24, 2.45) is 5.92 Å². The number of hydrogen-bond donors (Lipinski definition) is 2. The normalized spacial score (nSPS) is 34.5. The van der Waals surface area contributed by atoms with Crippen molar-refractivity contribution in [1.82, 2.24) is 0 Å². The van der Waals surface area contributed by atoms with Gasteiger partial charge in [0.15, 0.2) is 0 Å². The Bertz CT molecular complexity index is 214. The fourth-order valence-corrected chi connectivity index (χ4v) is 1.29. The quantitative estimate of drug-likeness (QED) is 0.482. The van der Waals surface area contributed by atoms with Crippen LogP contribution in [-0.4, -0.2) is 29.5 Å². The molecule has 0 aromatic rings. The third kappa shape index (κ3) is 1.53. The van der Waals surface area contributed by atoms with E-state index in [9.17, 15) is 4.79 Å². The number of ether oxygens (including phenoxy) is 1. The van der Waals surface area contributed by atoms with Crippen LogP contribution in [0.1, 0.15) is 6.42 Å². The minimum Gasteiger partial charge on any atom is -0.481 e. The molecule has 1 aliphatic rings. The lowest BCUT2D eigenvalue weighted by atomic mass is 10.0. The Kier molecular flexibility index (Phi) is 2.60. The van der Waals surface area contributed by atoms with Crippen LogP contribution in [0.3, 0.4) is 0 Å². The molecular formula is C8H11NO3. The van der Waals surface area contributed by atoms with Crippen LogP contribution in [0.25, 0.3) is 0 Å². The zero-order chi connectivity index (χ0) is 9.14. The van der Waals surface area contributed by atoms with Crippen molar-refractivity contribution in [2.75, 3.05) is 0 Å². The van der Waals surface area contributed by atoms with Crippen LogP contribution in [0.15, 0.2) is 12.7 Å². The summed E-state index contributed by atoms with van der Waals surface area (Å²) in [5, 5.41) is 15.7. The molecule has 0 spiro atoms. The van der Waals surface area contributed by atoms with Crippen molar-refractivity contribution in [3.8, 4) is 0 Å². The van der Waals surface area contributed by atoms with Gasteiger partial charge in [-0.25, -0.2) is 0 Å². The lowest BCUT2D eigenvalue weighted by Crippen LogP contribution is -2.24. The molecule has 0 radical (unpaired) electrons. The van der Waals surface area contributed by atoms with Crippen LogP contribution >= 0.6 is 0 Å². The van der Waals surface area contributed by atoms with E-state index in [1.807, 2.05) is 0 Å². The van der Waals surface area contributed by atoms with Crippen LogP contribution in [0.5, 0.6) is 0 Å². The van der Waals surface area contributed by atoms with Gasteiger partial charge < -0.3 is 15.3 Å². The van der Waals surface area contributed by atoms with Crippen molar-refractivity contribution < 1.29 is 14.6 Å². The molecule has 0 aromatic carbocycles. The highest BCUT2D eigenvalue weighted by atomic mass is 16.5. The first-order chi connectivity index (χ1) is 5.69. The van der Waals surface area contributed by atoms with E-state index in [-0.39, 0.29) is 6.10 Å². The van der Waals surface area contributed by atoms with Crippen LogP contribution in [0, 0.1) is 11.3 Å². The Morgan fingerprint density at radius 2 is 2.42 bits per heavy atom. The Labute approximate surface area is 70.4 Å². The molecule has 1 aliphatic heterocycles. The maximum atomic E-state index is 10.6. The Balaban J connectivity index is 2.68. The number of carboxylic acid groups (broad SMARTS) is 1. The van der Waals surface area contributed by atoms with Crippen LogP contribution in [0.2, 0.25) is 0 Å². The second-order valence-corrected chi connectivity index (χ2v) is 2.72. The summed E-state index contributed by atoms with van der Waals surface area (Å²) in [5.41, 5.74) is 0. The molecule has 0 saturated carbocycles. The lowest BCUT2D eigenvalue weighted by molar-refractivity contribution is -0.142. The number of carbonyl (C=O) groups is 1. The van der Waals surface area contributed by atoms with E-state index < -0.39 is 18.0 Å². The molecule has 66 valence electrons. The monoisotopic (exact) mass is 169 g/mol. The molecule has 3 atom stereocenters. The maximum Gasteiger partial charge on any atom is 0.309 e. The molecule has 2 N–H and O–H groups in total. The first-order valence-corrected chi connectivity index (χ1v) is 3.70. The standard InChI is InChI=1S/C8H11NO3/c1-2-5-3-6(8(10)11)7(4-9)12-5/h2,4-7,9H,1,3H2,(H,10,11). The Morgan fingerprint density at radius 3 is 2.75 bits per heavy atom. The summed E-state index contributed by atoms with van der Waals surface area (Å²) in [5.74, 6) is -1.50. The SMILES string of the molecule is C=CC1CC(C(=O)O)C(C=N)O1. The number of aliphatic carboxylic acids is 1. The van der Waals surface area contributed by atoms with E-state index in [1.54, 1.807) is 6.08 Å². The fourth-order valence-electron chi connectivity index (χ4n) is 1.29. The van der Waals surface area contributed by atoms with E-state index in [1.165, 1.54) is 0 Å². The molecule has 3 unspecified atom stereocenters. The molecule has 1 rings (SSSR count). The average molecular weight is 169 g/mol. The Morgan fingerprint density at radius 1 is 1.75 bits per heavy atom. The molecule has 4 nitrogen and oxygen atoms in total. The molecular weight excluding hydrogens is 158 g/mol. The summed E-state index contributed by atoms with van der Waals surface area (Å²) in [6.45, 7) is 3.51. The summed E-state index contributed by atoms with van der Waals surface area (Å²) >= 11 is 0. The second kappa shape index (κ2) is 3.49. The number of rotatable bonds is 3. The maximum absolute atomic E-state index is 10.6. The Hall–Kier alpha value is -1.16. The van der Waals surface area contributed by atoms with Crippen LogP contribution in [-0.2, 0) is 9.53 Å². The van der Waals surface area contributed by atoms with Gasteiger partial charge in [-0.2, -0.15) is 0 Å².